The molecule has 1 aromatic heterocycles. The lowest BCUT2D eigenvalue weighted by atomic mass is 9.98. The Hall–Kier alpha value is -1.82. The van der Waals surface area contributed by atoms with Crippen LogP contribution in [-0.4, -0.2) is 47.1 Å². The van der Waals surface area contributed by atoms with Gasteiger partial charge in [-0.15, -0.1) is 0 Å². The fraction of sp³-hybridized carbons (Fsp3) is 0.571. The standard InChI is InChI=1S/C14H21N3O3/c1-15-6-5-11-4-2-3-7-17(11)14(20)10-8-12(18)16-13(19)9-10/h8-9,11,15H,2-7H2,1H3,(H2,16,18,19). The number of nitrogens with one attached hydrogen (secondary N) is 2. The molecule has 0 spiro atoms. The molecular weight excluding hydrogens is 258 g/mol. The van der Waals surface area contributed by atoms with E-state index in [1.165, 1.54) is 12.1 Å². The number of piperidine rings is 1. The number of aromatic nitrogens is 1. The Balaban J connectivity index is 2.18. The van der Waals surface area contributed by atoms with Crippen molar-refractivity contribution in [2.75, 3.05) is 20.1 Å². The topological polar surface area (TPSA) is 85.4 Å². The molecule has 2 rings (SSSR count). The molecule has 110 valence electrons. The van der Waals surface area contributed by atoms with Gasteiger partial charge >= 0.3 is 0 Å². The molecule has 1 aromatic rings. The first-order valence-electron chi connectivity index (χ1n) is 7.00. The number of hydrogen-bond donors (Lipinski definition) is 3. The van der Waals surface area contributed by atoms with E-state index < -0.39 is 5.56 Å². The molecule has 1 amide bonds. The third-order valence-corrected chi connectivity index (χ3v) is 3.69. The molecule has 0 bridgehead atoms. The predicted octanol–water partition coefficient (Wildman–Crippen LogP) is 0.685. The summed E-state index contributed by atoms with van der Waals surface area (Å²) in [6, 6.07) is 2.75. The number of pyridine rings is 1. The van der Waals surface area contributed by atoms with E-state index in [0.29, 0.717) is 6.54 Å². The summed E-state index contributed by atoms with van der Waals surface area (Å²) >= 11 is 0. The fourth-order valence-electron chi connectivity index (χ4n) is 2.70. The van der Waals surface area contributed by atoms with Crippen molar-refractivity contribution in [2.24, 2.45) is 0 Å². The maximum atomic E-state index is 12.5. The maximum Gasteiger partial charge on any atom is 0.254 e. The van der Waals surface area contributed by atoms with Crippen molar-refractivity contribution in [1.29, 1.82) is 0 Å². The Morgan fingerprint density at radius 3 is 3.00 bits per heavy atom. The molecule has 20 heavy (non-hydrogen) atoms. The van der Waals surface area contributed by atoms with E-state index >= 15 is 0 Å². The van der Waals surface area contributed by atoms with Crippen LogP contribution in [-0.2, 0) is 0 Å². The highest BCUT2D eigenvalue weighted by Gasteiger charge is 2.27. The average molecular weight is 279 g/mol. The van der Waals surface area contributed by atoms with E-state index in [-0.39, 0.29) is 23.4 Å². The Morgan fingerprint density at radius 2 is 2.30 bits per heavy atom. The number of hydrogen-bond acceptors (Lipinski definition) is 4. The third-order valence-electron chi connectivity index (χ3n) is 3.69. The van der Waals surface area contributed by atoms with Crippen molar-refractivity contribution in [3.05, 3.63) is 28.0 Å². The van der Waals surface area contributed by atoms with Crippen LogP contribution in [0.3, 0.4) is 0 Å². The van der Waals surface area contributed by atoms with Crippen molar-refractivity contribution < 1.29 is 9.90 Å². The van der Waals surface area contributed by atoms with Gasteiger partial charge in [-0.05, 0) is 39.3 Å². The normalized spacial score (nSPS) is 19.1. The summed E-state index contributed by atoms with van der Waals surface area (Å²) in [6.45, 7) is 1.57. The Morgan fingerprint density at radius 1 is 1.50 bits per heavy atom. The molecule has 1 atom stereocenters. The predicted molar refractivity (Wildman–Crippen MR) is 75.9 cm³/mol. The molecule has 3 N–H and O–H groups in total. The van der Waals surface area contributed by atoms with Gasteiger partial charge in [0.05, 0.1) is 5.56 Å². The minimum Gasteiger partial charge on any atom is -0.494 e. The zero-order chi connectivity index (χ0) is 14.5. The first-order chi connectivity index (χ1) is 9.61. The highest BCUT2D eigenvalue weighted by Crippen LogP contribution is 2.22. The van der Waals surface area contributed by atoms with E-state index in [1.807, 2.05) is 11.9 Å². The molecule has 0 saturated carbocycles. The molecule has 1 saturated heterocycles. The molecule has 1 aliphatic heterocycles. The van der Waals surface area contributed by atoms with Gasteiger partial charge in [-0.25, -0.2) is 0 Å². The average Bonchev–Trinajstić information content (AvgIpc) is 2.43. The Bertz CT molecular complexity index is 527. The van der Waals surface area contributed by atoms with Crippen LogP contribution in [0.5, 0.6) is 5.88 Å². The molecule has 6 heteroatoms. The van der Waals surface area contributed by atoms with Crippen LogP contribution in [0.2, 0.25) is 0 Å². The second-order valence-electron chi connectivity index (χ2n) is 5.16. The first-order valence-corrected chi connectivity index (χ1v) is 7.00. The van der Waals surface area contributed by atoms with Crippen molar-refractivity contribution in [3.8, 4) is 5.88 Å². The quantitative estimate of drug-likeness (QED) is 0.757. The van der Waals surface area contributed by atoms with Gasteiger partial charge in [0.15, 0.2) is 5.88 Å². The van der Waals surface area contributed by atoms with Crippen molar-refractivity contribution in [3.63, 3.8) is 0 Å². The highest BCUT2D eigenvalue weighted by molar-refractivity contribution is 5.94. The zero-order valence-corrected chi connectivity index (χ0v) is 11.7. The Kier molecular flexibility index (Phi) is 4.79. The molecule has 0 radical (unpaired) electrons. The van der Waals surface area contributed by atoms with Crippen LogP contribution in [0.1, 0.15) is 36.0 Å². The molecule has 0 aromatic carbocycles. The summed E-state index contributed by atoms with van der Waals surface area (Å²) in [5.74, 6) is -0.447. The first kappa shape index (κ1) is 14.6. The van der Waals surface area contributed by atoms with Crippen LogP contribution in [0.4, 0.5) is 0 Å². The number of rotatable bonds is 4. The minimum absolute atomic E-state index is 0.174. The van der Waals surface area contributed by atoms with Gasteiger partial charge in [-0.2, -0.15) is 0 Å². The smallest absolute Gasteiger partial charge is 0.254 e. The molecule has 1 unspecified atom stereocenters. The maximum absolute atomic E-state index is 12.5. The van der Waals surface area contributed by atoms with Crippen LogP contribution in [0.15, 0.2) is 16.9 Å². The number of carbonyl (C=O) groups excluding carboxylic acids is 1. The van der Waals surface area contributed by atoms with Crippen LogP contribution in [0, 0.1) is 0 Å². The summed E-state index contributed by atoms with van der Waals surface area (Å²) in [5, 5.41) is 12.5. The number of amides is 1. The van der Waals surface area contributed by atoms with Crippen LogP contribution < -0.4 is 10.9 Å². The number of likely N-dealkylation sites (tertiary alicyclic amines) is 1. The molecule has 1 aliphatic rings. The number of carbonyl (C=O) groups is 1. The third kappa shape index (κ3) is 3.39. The van der Waals surface area contributed by atoms with Crippen molar-refractivity contribution >= 4 is 5.91 Å². The van der Waals surface area contributed by atoms with E-state index in [0.717, 1.165) is 32.2 Å². The molecule has 0 aliphatic carbocycles. The lowest BCUT2D eigenvalue weighted by molar-refractivity contribution is 0.0602. The number of nitrogens with zero attached hydrogens (tertiary/aromatic N) is 1. The van der Waals surface area contributed by atoms with Gasteiger partial charge < -0.3 is 15.3 Å². The van der Waals surface area contributed by atoms with Crippen molar-refractivity contribution in [2.45, 2.75) is 31.7 Å². The van der Waals surface area contributed by atoms with E-state index in [1.54, 1.807) is 0 Å². The van der Waals surface area contributed by atoms with Gasteiger partial charge in [0.1, 0.15) is 0 Å². The largest absolute Gasteiger partial charge is 0.494 e. The van der Waals surface area contributed by atoms with E-state index in [2.05, 4.69) is 10.3 Å². The fourth-order valence-corrected chi connectivity index (χ4v) is 2.70. The van der Waals surface area contributed by atoms with Gasteiger partial charge in [-0.1, -0.05) is 0 Å². The number of aromatic hydroxyl groups is 1. The molecule has 6 nitrogen and oxygen atoms in total. The summed E-state index contributed by atoms with van der Waals surface area (Å²) in [5.41, 5.74) is -0.209. The van der Waals surface area contributed by atoms with Crippen LogP contribution in [0.25, 0.3) is 0 Å². The molecule has 2 heterocycles. The summed E-state index contributed by atoms with van der Waals surface area (Å²) < 4.78 is 0. The summed E-state index contributed by atoms with van der Waals surface area (Å²) in [7, 11) is 1.89. The molecule has 1 fully saturated rings. The van der Waals surface area contributed by atoms with E-state index in [9.17, 15) is 14.7 Å². The summed E-state index contributed by atoms with van der Waals surface area (Å²) in [4.78, 5) is 27.9. The highest BCUT2D eigenvalue weighted by atomic mass is 16.3. The lowest BCUT2D eigenvalue weighted by Gasteiger charge is -2.36. The monoisotopic (exact) mass is 279 g/mol. The minimum atomic E-state index is -0.461. The lowest BCUT2D eigenvalue weighted by Crippen LogP contribution is -2.45. The second kappa shape index (κ2) is 6.56. The van der Waals surface area contributed by atoms with Gasteiger partial charge in [0, 0.05) is 24.7 Å². The summed E-state index contributed by atoms with van der Waals surface area (Å²) in [6.07, 6.45) is 4.00. The SMILES string of the molecule is CNCCC1CCCCN1C(=O)c1cc(O)[nH]c(=O)c1. The van der Waals surface area contributed by atoms with Gasteiger partial charge in [0.25, 0.3) is 11.5 Å². The zero-order valence-electron chi connectivity index (χ0n) is 11.7. The second-order valence-corrected chi connectivity index (χ2v) is 5.16. The number of H-pyrrole nitrogens is 1. The van der Waals surface area contributed by atoms with Gasteiger partial charge in [0.2, 0.25) is 0 Å². The van der Waals surface area contributed by atoms with Crippen molar-refractivity contribution in [1.82, 2.24) is 15.2 Å². The van der Waals surface area contributed by atoms with Gasteiger partial charge in [-0.3, -0.25) is 14.6 Å². The molecular formula is C14H21N3O3. The van der Waals surface area contributed by atoms with E-state index in [4.69, 9.17) is 0 Å². The number of aromatic amines is 1. The van der Waals surface area contributed by atoms with Crippen LogP contribution >= 0.6 is 0 Å². The Labute approximate surface area is 117 Å².